The maximum Gasteiger partial charge on any atom is 0.236 e. The molecule has 1 amide bonds. The molecule has 0 fully saturated rings. The van der Waals surface area contributed by atoms with Gasteiger partial charge in [-0.2, -0.15) is 0 Å². The van der Waals surface area contributed by atoms with E-state index in [1.807, 2.05) is 44.2 Å². The highest BCUT2D eigenvalue weighted by atomic mass is 16.3. The molecule has 0 aliphatic heterocycles. The summed E-state index contributed by atoms with van der Waals surface area (Å²) in [7, 11) is 0. The zero-order valence-corrected chi connectivity index (χ0v) is 11.7. The highest BCUT2D eigenvalue weighted by Gasteiger charge is 2.20. The van der Waals surface area contributed by atoms with Crippen LogP contribution in [-0.4, -0.2) is 30.2 Å². The first-order valence-electron chi connectivity index (χ1n) is 6.63. The minimum Gasteiger partial charge on any atom is -0.396 e. The van der Waals surface area contributed by atoms with Gasteiger partial charge in [-0.3, -0.25) is 4.79 Å². The highest BCUT2D eigenvalue weighted by molar-refractivity contribution is 5.81. The average Bonchev–Trinajstić information content (AvgIpc) is 2.43. The smallest absolute Gasteiger partial charge is 0.236 e. The number of hydrogen-bond donors (Lipinski definition) is 3. The van der Waals surface area contributed by atoms with Gasteiger partial charge in [0, 0.05) is 18.6 Å². The van der Waals surface area contributed by atoms with Gasteiger partial charge in [0.2, 0.25) is 5.91 Å². The Morgan fingerprint density at radius 3 is 2.58 bits per heavy atom. The summed E-state index contributed by atoms with van der Waals surface area (Å²) in [6.07, 6.45) is 1.41. The molecule has 4 heteroatoms. The van der Waals surface area contributed by atoms with E-state index < -0.39 is 6.04 Å². The van der Waals surface area contributed by atoms with Gasteiger partial charge in [-0.05, 0) is 18.4 Å². The second-order valence-electron chi connectivity index (χ2n) is 5.67. The monoisotopic (exact) mass is 264 g/mol. The summed E-state index contributed by atoms with van der Waals surface area (Å²) in [5.41, 5.74) is 6.73. The number of nitrogens with one attached hydrogen (secondary N) is 1. The van der Waals surface area contributed by atoms with Crippen LogP contribution in [0, 0.1) is 5.41 Å². The van der Waals surface area contributed by atoms with Crippen LogP contribution in [0.4, 0.5) is 0 Å². The average molecular weight is 264 g/mol. The van der Waals surface area contributed by atoms with E-state index >= 15 is 0 Å². The van der Waals surface area contributed by atoms with Crippen LogP contribution in [0.15, 0.2) is 30.3 Å². The van der Waals surface area contributed by atoms with Crippen molar-refractivity contribution in [1.82, 2.24) is 5.32 Å². The van der Waals surface area contributed by atoms with Crippen LogP contribution in [0.2, 0.25) is 0 Å². The second-order valence-corrected chi connectivity index (χ2v) is 5.67. The fourth-order valence-electron chi connectivity index (χ4n) is 1.61. The summed E-state index contributed by atoms with van der Waals surface area (Å²) in [4.78, 5) is 11.8. The molecule has 0 heterocycles. The third-order valence-corrected chi connectivity index (χ3v) is 3.09. The molecule has 0 aromatic heterocycles. The van der Waals surface area contributed by atoms with E-state index in [-0.39, 0.29) is 17.9 Å². The van der Waals surface area contributed by atoms with Crippen molar-refractivity contribution in [2.45, 2.75) is 32.7 Å². The number of aliphatic hydroxyl groups is 1. The minimum atomic E-state index is -0.505. The Balaban J connectivity index is 2.33. The number of carbonyl (C=O) groups is 1. The lowest BCUT2D eigenvalue weighted by Gasteiger charge is -2.23. The molecular weight excluding hydrogens is 240 g/mol. The number of rotatable bonds is 7. The zero-order chi connectivity index (χ0) is 14.3. The van der Waals surface area contributed by atoms with E-state index in [0.717, 1.165) is 6.42 Å². The predicted molar refractivity (Wildman–Crippen MR) is 76.6 cm³/mol. The van der Waals surface area contributed by atoms with Gasteiger partial charge in [-0.15, -0.1) is 0 Å². The maximum absolute atomic E-state index is 11.8. The summed E-state index contributed by atoms with van der Waals surface area (Å²) in [5.74, 6) is -0.155. The van der Waals surface area contributed by atoms with Crippen LogP contribution < -0.4 is 11.1 Å². The van der Waals surface area contributed by atoms with E-state index in [9.17, 15) is 4.79 Å². The number of benzene rings is 1. The van der Waals surface area contributed by atoms with Crippen LogP contribution >= 0.6 is 0 Å². The third-order valence-electron chi connectivity index (χ3n) is 3.09. The van der Waals surface area contributed by atoms with Crippen LogP contribution in [0.25, 0.3) is 0 Å². The number of aryl methyl sites for hydroxylation is 1. The molecule has 0 saturated heterocycles. The van der Waals surface area contributed by atoms with E-state index in [1.165, 1.54) is 5.56 Å². The van der Waals surface area contributed by atoms with E-state index in [2.05, 4.69) is 5.32 Å². The molecule has 0 bridgehead atoms. The minimum absolute atomic E-state index is 0.0343. The molecule has 1 rings (SSSR count). The van der Waals surface area contributed by atoms with E-state index in [0.29, 0.717) is 13.0 Å². The number of hydrogen-bond acceptors (Lipinski definition) is 3. The molecule has 0 aliphatic carbocycles. The van der Waals surface area contributed by atoms with Gasteiger partial charge < -0.3 is 16.2 Å². The Labute approximate surface area is 115 Å². The Morgan fingerprint density at radius 2 is 2.00 bits per heavy atom. The molecule has 1 unspecified atom stereocenters. The summed E-state index contributed by atoms with van der Waals surface area (Å²) >= 11 is 0. The van der Waals surface area contributed by atoms with Gasteiger partial charge in [-0.1, -0.05) is 44.2 Å². The third kappa shape index (κ3) is 5.85. The SMILES string of the molecule is CC(C)(CO)CNC(=O)C(N)CCc1ccccc1. The lowest BCUT2D eigenvalue weighted by molar-refractivity contribution is -0.123. The molecule has 106 valence electrons. The summed E-state index contributed by atoms with van der Waals surface area (Å²) in [6, 6.07) is 9.47. The zero-order valence-electron chi connectivity index (χ0n) is 11.7. The Bertz CT molecular complexity index is 390. The fraction of sp³-hybridized carbons (Fsp3) is 0.533. The van der Waals surface area contributed by atoms with E-state index in [4.69, 9.17) is 10.8 Å². The first kappa shape index (κ1) is 15.7. The lowest BCUT2D eigenvalue weighted by atomic mass is 9.95. The van der Waals surface area contributed by atoms with Gasteiger partial charge >= 0.3 is 0 Å². The normalized spacial score (nSPS) is 13.1. The van der Waals surface area contributed by atoms with Crippen molar-refractivity contribution >= 4 is 5.91 Å². The lowest BCUT2D eigenvalue weighted by Crippen LogP contribution is -2.45. The molecule has 0 radical (unpaired) electrons. The summed E-state index contributed by atoms with van der Waals surface area (Å²) < 4.78 is 0. The summed E-state index contributed by atoms with van der Waals surface area (Å²) in [6.45, 7) is 4.25. The van der Waals surface area contributed by atoms with Gasteiger partial charge in [0.25, 0.3) is 0 Å². The largest absolute Gasteiger partial charge is 0.396 e. The summed E-state index contributed by atoms with van der Waals surface area (Å²) in [5, 5.41) is 11.9. The highest BCUT2D eigenvalue weighted by Crippen LogP contribution is 2.11. The molecular formula is C15H24N2O2. The van der Waals surface area contributed by atoms with Crippen LogP contribution in [0.1, 0.15) is 25.8 Å². The maximum atomic E-state index is 11.8. The molecule has 4 N–H and O–H groups in total. The van der Waals surface area contributed by atoms with Gasteiger partial charge in [0.1, 0.15) is 0 Å². The van der Waals surface area contributed by atoms with Crippen molar-refractivity contribution < 1.29 is 9.90 Å². The van der Waals surface area contributed by atoms with E-state index in [1.54, 1.807) is 0 Å². The topological polar surface area (TPSA) is 75.3 Å². The fourth-order valence-corrected chi connectivity index (χ4v) is 1.61. The molecule has 0 spiro atoms. The predicted octanol–water partition coefficient (Wildman–Crippen LogP) is 1.08. The van der Waals surface area contributed by atoms with Gasteiger partial charge in [0.15, 0.2) is 0 Å². The van der Waals surface area contributed by atoms with Crippen molar-refractivity contribution in [2.75, 3.05) is 13.2 Å². The molecule has 0 saturated carbocycles. The molecule has 0 aliphatic rings. The van der Waals surface area contributed by atoms with Crippen molar-refractivity contribution in [2.24, 2.45) is 11.1 Å². The van der Waals surface area contributed by atoms with Crippen LogP contribution in [0.5, 0.6) is 0 Å². The van der Waals surface area contributed by atoms with Crippen LogP contribution in [-0.2, 0) is 11.2 Å². The van der Waals surface area contributed by atoms with Crippen molar-refractivity contribution in [3.63, 3.8) is 0 Å². The molecule has 19 heavy (non-hydrogen) atoms. The Hall–Kier alpha value is -1.39. The van der Waals surface area contributed by atoms with Crippen molar-refractivity contribution in [3.8, 4) is 0 Å². The standard InChI is InChI=1S/C15H24N2O2/c1-15(2,11-18)10-17-14(19)13(16)9-8-12-6-4-3-5-7-12/h3-7,13,18H,8-11,16H2,1-2H3,(H,17,19). The number of carbonyl (C=O) groups excluding carboxylic acids is 1. The molecule has 1 atom stereocenters. The van der Waals surface area contributed by atoms with Gasteiger partial charge in [0.05, 0.1) is 6.04 Å². The first-order chi connectivity index (χ1) is 8.94. The second kappa shape index (κ2) is 7.26. The van der Waals surface area contributed by atoms with Crippen molar-refractivity contribution in [1.29, 1.82) is 0 Å². The quantitative estimate of drug-likeness (QED) is 0.690. The number of amides is 1. The molecule has 1 aromatic rings. The molecule has 1 aromatic carbocycles. The number of nitrogens with two attached hydrogens (primary N) is 1. The first-order valence-corrected chi connectivity index (χ1v) is 6.63. The van der Waals surface area contributed by atoms with Crippen molar-refractivity contribution in [3.05, 3.63) is 35.9 Å². The number of aliphatic hydroxyl groups excluding tert-OH is 1. The Morgan fingerprint density at radius 1 is 1.37 bits per heavy atom. The van der Waals surface area contributed by atoms with Crippen LogP contribution in [0.3, 0.4) is 0 Å². The van der Waals surface area contributed by atoms with Gasteiger partial charge in [-0.25, -0.2) is 0 Å². The molecule has 4 nitrogen and oxygen atoms in total. The Kier molecular flexibility index (Phi) is 5.99.